The van der Waals surface area contributed by atoms with Crippen LogP contribution < -0.4 is 5.32 Å². The zero-order valence-corrected chi connectivity index (χ0v) is 11.4. The van der Waals surface area contributed by atoms with Gasteiger partial charge in [0.25, 0.3) is 0 Å². The first-order chi connectivity index (χ1) is 8.34. The third kappa shape index (κ3) is 2.07. The van der Waals surface area contributed by atoms with Crippen molar-refractivity contribution in [3.63, 3.8) is 0 Å². The van der Waals surface area contributed by atoms with Crippen LogP contribution in [0.2, 0.25) is 0 Å². The number of aromatic nitrogens is 2. The van der Waals surface area contributed by atoms with Crippen molar-refractivity contribution in [2.24, 2.45) is 7.05 Å². The summed E-state index contributed by atoms with van der Waals surface area (Å²) in [6, 6.07) is 0. The van der Waals surface area contributed by atoms with E-state index >= 15 is 0 Å². The Labute approximate surface area is 107 Å². The van der Waals surface area contributed by atoms with Crippen molar-refractivity contribution in [2.45, 2.75) is 51.5 Å². The molecule has 100 valence electrons. The minimum absolute atomic E-state index is 0.0210. The summed E-state index contributed by atoms with van der Waals surface area (Å²) in [6.07, 6.45) is 3.27. The van der Waals surface area contributed by atoms with Crippen LogP contribution in [0.3, 0.4) is 0 Å². The van der Waals surface area contributed by atoms with Gasteiger partial charge in [0, 0.05) is 18.5 Å². The lowest BCUT2D eigenvalue weighted by atomic mass is 9.78. The standard InChI is InChI=1S/C12H20N4O2/c1-8(2)9-10(16(17)18)11(15(4)14-9)13-12(3)6-5-7-12/h8,13H,5-7H2,1-4H3. The summed E-state index contributed by atoms with van der Waals surface area (Å²) in [5.74, 6) is 0.576. The second-order valence-electron chi connectivity index (χ2n) is 5.66. The Kier molecular flexibility index (Phi) is 3.04. The lowest BCUT2D eigenvalue weighted by Gasteiger charge is -2.39. The number of nitro groups is 1. The third-order valence-corrected chi connectivity index (χ3v) is 3.65. The van der Waals surface area contributed by atoms with Gasteiger partial charge >= 0.3 is 5.69 Å². The summed E-state index contributed by atoms with van der Waals surface area (Å²) in [5.41, 5.74) is 0.654. The fourth-order valence-electron chi connectivity index (χ4n) is 2.36. The van der Waals surface area contributed by atoms with E-state index in [0.29, 0.717) is 11.5 Å². The minimum Gasteiger partial charge on any atom is -0.359 e. The number of hydrogen-bond donors (Lipinski definition) is 1. The number of nitrogens with zero attached hydrogens (tertiary/aromatic N) is 3. The summed E-state index contributed by atoms with van der Waals surface area (Å²) in [6.45, 7) is 5.94. The fourth-order valence-corrected chi connectivity index (χ4v) is 2.36. The average Bonchev–Trinajstić information content (AvgIpc) is 2.54. The van der Waals surface area contributed by atoms with E-state index in [1.54, 1.807) is 11.7 Å². The van der Waals surface area contributed by atoms with E-state index in [1.807, 2.05) is 13.8 Å². The van der Waals surface area contributed by atoms with Gasteiger partial charge in [-0.25, -0.2) is 4.68 Å². The predicted molar refractivity (Wildman–Crippen MR) is 69.8 cm³/mol. The molecule has 0 radical (unpaired) electrons. The van der Waals surface area contributed by atoms with Crippen LogP contribution in [0.15, 0.2) is 0 Å². The number of anilines is 1. The van der Waals surface area contributed by atoms with Crippen LogP contribution in [0, 0.1) is 10.1 Å². The molecule has 0 aromatic carbocycles. The lowest BCUT2D eigenvalue weighted by molar-refractivity contribution is -0.384. The highest BCUT2D eigenvalue weighted by Crippen LogP contribution is 2.39. The molecule has 1 N–H and O–H groups in total. The van der Waals surface area contributed by atoms with Gasteiger partial charge in [-0.1, -0.05) is 13.8 Å². The van der Waals surface area contributed by atoms with E-state index in [1.165, 1.54) is 6.42 Å². The van der Waals surface area contributed by atoms with Crippen LogP contribution in [-0.2, 0) is 7.05 Å². The molecule has 0 spiro atoms. The molecule has 18 heavy (non-hydrogen) atoms. The third-order valence-electron chi connectivity index (χ3n) is 3.65. The molecule has 6 heteroatoms. The maximum Gasteiger partial charge on any atom is 0.334 e. The lowest BCUT2D eigenvalue weighted by Crippen LogP contribution is -2.42. The Balaban J connectivity index is 2.42. The van der Waals surface area contributed by atoms with Crippen molar-refractivity contribution in [1.82, 2.24) is 9.78 Å². The highest BCUT2D eigenvalue weighted by atomic mass is 16.6. The topological polar surface area (TPSA) is 73.0 Å². The number of nitrogens with one attached hydrogen (secondary N) is 1. The number of rotatable bonds is 4. The zero-order chi connectivity index (χ0) is 13.5. The molecule has 1 saturated carbocycles. The molecule has 0 bridgehead atoms. The highest BCUT2D eigenvalue weighted by molar-refractivity contribution is 5.62. The summed E-state index contributed by atoms with van der Waals surface area (Å²) < 4.78 is 1.59. The number of aryl methyl sites for hydroxylation is 1. The minimum atomic E-state index is -0.327. The second kappa shape index (κ2) is 4.26. The maximum atomic E-state index is 11.3. The van der Waals surface area contributed by atoms with E-state index in [0.717, 1.165) is 12.8 Å². The quantitative estimate of drug-likeness (QED) is 0.660. The Morgan fingerprint density at radius 2 is 2.11 bits per heavy atom. The van der Waals surface area contributed by atoms with Gasteiger partial charge in [-0.3, -0.25) is 10.1 Å². The van der Waals surface area contributed by atoms with Crippen molar-refractivity contribution in [2.75, 3.05) is 5.32 Å². The first kappa shape index (κ1) is 12.9. The van der Waals surface area contributed by atoms with Gasteiger partial charge in [-0.05, 0) is 26.2 Å². The van der Waals surface area contributed by atoms with Crippen molar-refractivity contribution in [3.8, 4) is 0 Å². The van der Waals surface area contributed by atoms with Crippen molar-refractivity contribution in [1.29, 1.82) is 0 Å². The molecule has 1 heterocycles. The predicted octanol–water partition coefficient (Wildman–Crippen LogP) is 2.81. The van der Waals surface area contributed by atoms with E-state index in [4.69, 9.17) is 0 Å². The Hall–Kier alpha value is -1.59. The normalized spacial score (nSPS) is 17.6. The van der Waals surface area contributed by atoms with Gasteiger partial charge in [-0.15, -0.1) is 0 Å². The highest BCUT2D eigenvalue weighted by Gasteiger charge is 2.37. The Morgan fingerprint density at radius 1 is 1.50 bits per heavy atom. The van der Waals surface area contributed by atoms with Gasteiger partial charge in [0.15, 0.2) is 0 Å². The molecule has 1 fully saturated rings. The monoisotopic (exact) mass is 252 g/mol. The molecule has 0 amide bonds. The molecular weight excluding hydrogens is 232 g/mol. The second-order valence-corrected chi connectivity index (χ2v) is 5.66. The van der Waals surface area contributed by atoms with Gasteiger partial charge in [0.2, 0.25) is 5.82 Å². The Morgan fingerprint density at radius 3 is 2.50 bits per heavy atom. The molecule has 1 aliphatic carbocycles. The van der Waals surface area contributed by atoms with E-state index in [9.17, 15) is 10.1 Å². The van der Waals surface area contributed by atoms with Crippen molar-refractivity contribution in [3.05, 3.63) is 15.8 Å². The first-order valence-electron chi connectivity index (χ1n) is 6.33. The fraction of sp³-hybridized carbons (Fsp3) is 0.750. The molecule has 0 atom stereocenters. The zero-order valence-electron chi connectivity index (χ0n) is 11.4. The molecular formula is C12H20N4O2. The van der Waals surface area contributed by atoms with Crippen LogP contribution in [0.25, 0.3) is 0 Å². The van der Waals surface area contributed by atoms with Gasteiger partial charge < -0.3 is 5.32 Å². The average molecular weight is 252 g/mol. The van der Waals surface area contributed by atoms with Crippen LogP contribution in [0.5, 0.6) is 0 Å². The molecule has 0 unspecified atom stereocenters. The molecule has 2 rings (SSSR count). The summed E-state index contributed by atoms with van der Waals surface area (Å²) in [4.78, 5) is 10.9. The van der Waals surface area contributed by atoms with Gasteiger partial charge in [0.1, 0.15) is 5.69 Å². The van der Waals surface area contributed by atoms with E-state index < -0.39 is 0 Å². The Bertz CT molecular complexity index is 475. The van der Waals surface area contributed by atoms with Crippen LogP contribution in [0.1, 0.15) is 51.6 Å². The summed E-state index contributed by atoms with van der Waals surface area (Å²) >= 11 is 0. The first-order valence-corrected chi connectivity index (χ1v) is 6.33. The molecule has 6 nitrogen and oxygen atoms in total. The van der Waals surface area contributed by atoms with Gasteiger partial charge in [-0.2, -0.15) is 5.10 Å². The molecule has 1 aliphatic rings. The molecule has 1 aromatic heterocycles. The van der Waals surface area contributed by atoms with E-state index in [2.05, 4.69) is 17.3 Å². The largest absolute Gasteiger partial charge is 0.359 e. The van der Waals surface area contributed by atoms with Gasteiger partial charge in [0.05, 0.1) is 4.92 Å². The van der Waals surface area contributed by atoms with Crippen molar-refractivity contribution >= 4 is 11.5 Å². The number of hydrogen-bond acceptors (Lipinski definition) is 4. The molecule has 0 aliphatic heterocycles. The van der Waals surface area contributed by atoms with Crippen LogP contribution >= 0.6 is 0 Å². The maximum absolute atomic E-state index is 11.3. The van der Waals surface area contributed by atoms with Crippen LogP contribution in [0.4, 0.5) is 11.5 Å². The summed E-state index contributed by atoms with van der Waals surface area (Å²) in [7, 11) is 1.75. The smallest absolute Gasteiger partial charge is 0.334 e. The SMILES string of the molecule is CC(C)c1nn(C)c(NC2(C)CCC2)c1[N+](=O)[O-]. The molecule has 1 aromatic rings. The van der Waals surface area contributed by atoms with Crippen molar-refractivity contribution < 1.29 is 4.92 Å². The van der Waals surface area contributed by atoms with E-state index in [-0.39, 0.29) is 22.1 Å². The van der Waals surface area contributed by atoms with Crippen LogP contribution in [-0.4, -0.2) is 20.2 Å². The summed E-state index contributed by atoms with van der Waals surface area (Å²) in [5, 5.41) is 18.9. The molecule has 0 saturated heterocycles.